The Hall–Kier alpha value is -1.86. The number of benzene rings is 1. The molecule has 7 heteroatoms. The Balaban J connectivity index is 1.48. The molecule has 25 heavy (non-hydrogen) atoms. The minimum Gasteiger partial charge on any atom is -0.347 e. The van der Waals surface area contributed by atoms with Crippen molar-refractivity contribution in [3.8, 4) is 0 Å². The molecule has 2 N–H and O–H groups in total. The standard InChI is InChI=1S/C18H25N5OS/c1-25-16-7-4-5-14(11-16)12-20-18(24)17-13-23(22-21-17)10-8-15-6-2-3-9-19-15/h4-5,7,11,13,15,19H,2-3,6,8-10,12H2,1H3,(H,20,24). The number of carbonyl (C=O) groups is 1. The van der Waals surface area contributed by atoms with Gasteiger partial charge in [0.25, 0.3) is 5.91 Å². The van der Waals surface area contributed by atoms with E-state index in [4.69, 9.17) is 0 Å². The third-order valence-corrected chi connectivity index (χ3v) is 5.20. The second-order valence-electron chi connectivity index (χ2n) is 6.34. The predicted molar refractivity (Wildman–Crippen MR) is 99.7 cm³/mol. The molecule has 1 aliphatic rings. The van der Waals surface area contributed by atoms with Crippen molar-refractivity contribution in [1.29, 1.82) is 0 Å². The largest absolute Gasteiger partial charge is 0.347 e. The van der Waals surface area contributed by atoms with Crippen LogP contribution in [0.15, 0.2) is 35.4 Å². The Morgan fingerprint density at radius 2 is 2.36 bits per heavy atom. The molecule has 0 spiro atoms. The summed E-state index contributed by atoms with van der Waals surface area (Å²) >= 11 is 1.69. The average molecular weight is 359 g/mol. The molecule has 2 aromatic rings. The van der Waals surface area contributed by atoms with Crippen LogP contribution in [-0.2, 0) is 13.1 Å². The van der Waals surface area contributed by atoms with Crippen LogP contribution in [0.25, 0.3) is 0 Å². The van der Waals surface area contributed by atoms with Crippen LogP contribution in [0.5, 0.6) is 0 Å². The molecule has 1 aromatic heterocycles. The number of piperidine rings is 1. The van der Waals surface area contributed by atoms with Crippen LogP contribution in [0.2, 0.25) is 0 Å². The first-order valence-electron chi connectivity index (χ1n) is 8.79. The number of carbonyl (C=O) groups excluding carboxylic acids is 1. The van der Waals surface area contributed by atoms with Gasteiger partial charge in [-0.2, -0.15) is 0 Å². The zero-order valence-corrected chi connectivity index (χ0v) is 15.4. The first-order valence-corrected chi connectivity index (χ1v) is 10.0. The molecule has 3 rings (SSSR count). The quantitative estimate of drug-likeness (QED) is 0.743. The second kappa shape index (κ2) is 9.01. The highest BCUT2D eigenvalue weighted by molar-refractivity contribution is 7.98. The van der Waals surface area contributed by atoms with Crippen LogP contribution in [0.4, 0.5) is 0 Å². The van der Waals surface area contributed by atoms with E-state index in [0.717, 1.165) is 25.1 Å². The highest BCUT2D eigenvalue weighted by atomic mass is 32.2. The summed E-state index contributed by atoms with van der Waals surface area (Å²) < 4.78 is 1.76. The molecule has 0 saturated carbocycles. The van der Waals surface area contributed by atoms with E-state index in [0.29, 0.717) is 18.3 Å². The molecular formula is C18H25N5OS. The SMILES string of the molecule is CSc1cccc(CNC(=O)c2cn(CCC3CCCCN3)nn2)c1. The predicted octanol–water partition coefficient (Wildman–Crippen LogP) is 2.46. The average Bonchev–Trinajstić information content (AvgIpc) is 3.14. The molecule has 2 heterocycles. The van der Waals surface area contributed by atoms with Gasteiger partial charge in [-0.05, 0) is 49.8 Å². The van der Waals surface area contributed by atoms with Crippen molar-refractivity contribution in [1.82, 2.24) is 25.6 Å². The number of aromatic nitrogens is 3. The van der Waals surface area contributed by atoms with E-state index in [1.54, 1.807) is 22.6 Å². The maximum absolute atomic E-state index is 12.2. The first-order chi connectivity index (χ1) is 12.2. The van der Waals surface area contributed by atoms with E-state index in [2.05, 4.69) is 33.1 Å². The highest BCUT2D eigenvalue weighted by Crippen LogP contribution is 2.15. The van der Waals surface area contributed by atoms with Gasteiger partial charge in [-0.25, -0.2) is 0 Å². The smallest absolute Gasteiger partial charge is 0.273 e. The lowest BCUT2D eigenvalue weighted by atomic mass is 10.0. The Kier molecular flexibility index (Phi) is 6.47. The van der Waals surface area contributed by atoms with E-state index < -0.39 is 0 Å². The topological polar surface area (TPSA) is 71.8 Å². The van der Waals surface area contributed by atoms with Crippen molar-refractivity contribution < 1.29 is 4.79 Å². The van der Waals surface area contributed by atoms with Crippen molar-refractivity contribution in [2.75, 3.05) is 12.8 Å². The number of amides is 1. The maximum Gasteiger partial charge on any atom is 0.273 e. The van der Waals surface area contributed by atoms with Crippen LogP contribution in [0.3, 0.4) is 0 Å². The minimum absolute atomic E-state index is 0.184. The zero-order chi connectivity index (χ0) is 17.5. The molecule has 0 bridgehead atoms. The summed E-state index contributed by atoms with van der Waals surface area (Å²) in [5, 5.41) is 14.5. The van der Waals surface area contributed by atoms with Crippen LogP contribution in [0.1, 0.15) is 41.7 Å². The molecule has 0 radical (unpaired) electrons. The molecule has 0 aliphatic carbocycles. The fourth-order valence-corrected chi connectivity index (χ4v) is 3.51. The summed E-state index contributed by atoms with van der Waals surface area (Å²) in [6, 6.07) is 8.71. The lowest BCUT2D eigenvalue weighted by molar-refractivity contribution is 0.0946. The van der Waals surface area contributed by atoms with Crippen molar-refractivity contribution >= 4 is 17.7 Å². The molecule has 1 atom stereocenters. The van der Waals surface area contributed by atoms with Gasteiger partial charge < -0.3 is 10.6 Å². The van der Waals surface area contributed by atoms with Gasteiger partial charge in [-0.1, -0.05) is 23.8 Å². The minimum atomic E-state index is -0.184. The Morgan fingerprint density at radius 3 is 3.16 bits per heavy atom. The third kappa shape index (κ3) is 5.31. The van der Waals surface area contributed by atoms with Gasteiger partial charge in [0.05, 0.1) is 6.20 Å². The maximum atomic E-state index is 12.2. The summed E-state index contributed by atoms with van der Waals surface area (Å²) in [7, 11) is 0. The van der Waals surface area contributed by atoms with Gasteiger partial charge >= 0.3 is 0 Å². The van der Waals surface area contributed by atoms with Crippen molar-refractivity contribution in [2.24, 2.45) is 0 Å². The fraction of sp³-hybridized carbons (Fsp3) is 0.500. The Bertz CT molecular complexity index is 696. The van der Waals surface area contributed by atoms with E-state index >= 15 is 0 Å². The zero-order valence-electron chi connectivity index (χ0n) is 14.6. The number of thioether (sulfide) groups is 1. The summed E-state index contributed by atoms with van der Waals surface area (Å²) in [5.41, 5.74) is 1.45. The summed E-state index contributed by atoms with van der Waals surface area (Å²) in [4.78, 5) is 13.4. The van der Waals surface area contributed by atoms with Crippen LogP contribution >= 0.6 is 11.8 Å². The number of rotatable bonds is 7. The fourth-order valence-electron chi connectivity index (χ4n) is 3.03. The molecule has 1 unspecified atom stereocenters. The van der Waals surface area contributed by atoms with E-state index in [-0.39, 0.29) is 5.91 Å². The third-order valence-electron chi connectivity index (χ3n) is 4.48. The van der Waals surface area contributed by atoms with E-state index in [9.17, 15) is 4.79 Å². The van der Waals surface area contributed by atoms with Gasteiger partial charge in [0.1, 0.15) is 0 Å². The molecule has 1 saturated heterocycles. The molecule has 1 fully saturated rings. The van der Waals surface area contributed by atoms with Gasteiger partial charge in [-0.15, -0.1) is 16.9 Å². The van der Waals surface area contributed by atoms with Gasteiger partial charge in [-0.3, -0.25) is 9.48 Å². The Morgan fingerprint density at radius 1 is 1.44 bits per heavy atom. The number of hydrogen-bond acceptors (Lipinski definition) is 5. The monoisotopic (exact) mass is 359 g/mol. The Labute approximate surface area is 152 Å². The van der Waals surface area contributed by atoms with Crippen LogP contribution < -0.4 is 10.6 Å². The lowest BCUT2D eigenvalue weighted by Crippen LogP contribution is -2.34. The molecule has 6 nitrogen and oxygen atoms in total. The highest BCUT2D eigenvalue weighted by Gasteiger charge is 2.14. The molecule has 1 aliphatic heterocycles. The van der Waals surface area contributed by atoms with Crippen LogP contribution in [0, 0.1) is 0 Å². The first kappa shape index (κ1) is 17.9. The van der Waals surface area contributed by atoms with Crippen molar-refractivity contribution in [3.63, 3.8) is 0 Å². The van der Waals surface area contributed by atoms with Crippen LogP contribution in [-0.4, -0.2) is 39.7 Å². The van der Waals surface area contributed by atoms with Crippen molar-refractivity contribution in [2.45, 2.75) is 49.7 Å². The summed E-state index contributed by atoms with van der Waals surface area (Å²) in [6.07, 6.45) is 8.57. The van der Waals surface area contributed by atoms with Gasteiger partial charge in [0, 0.05) is 24.0 Å². The number of hydrogen-bond donors (Lipinski definition) is 2. The summed E-state index contributed by atoms with van der Waals surface area (Å²) in [5.74, 6) is -0.184. The van der Waals surface area contributed by atoms with Crippen molar-refractivity contribution in [3.05, 3.63) is 41.7 Å². The molecular weight excluding hydrogens is 334 g/mol. The normalized spacial score (nSPS) is 17.4. The number of aryl methyl sites for hydroxylation is 1. The van der Waals surface area contributed by atoms with E-state index in [1.807, 2.05) is 18.4 Å². The lowest BCUT2D eigenvalue weighted by Gasteiger charge is -2.23. The second-order valence-corrected chi connectivity index (χ2v) is 7.22. The number of nitrogens with zero attached hydrogens (tertiary/aromatic N) is 3. The van der Waals surface area contributed by atoms with Gasteiger partial charge in [0.2, 0.25) is 0 Å². The molecule has 1 amide bonds. The summed E-state index contributed by atoms with van der Waals surface area (Å²) in [6.45, 7) is 2.38. The molecule has 134 valence electrons. The number of nitrogens with one attached hydrogen (secondary N) is 2. The molecule has 1 aromatic carbocycles. The van der Waals surface area contributed by atoms with E-state index in [1.165, 1.54) is 24.2 Å². The van der Waals surface area contributed by atoms with Gasteiger partial charge in [0.15, 0.2) is 5.69 Å².